The van der Waals surface area contributed by atoms with Crippen LogP contribution in [-0.2, 0) is 0 Å². The molecule has 0 atom stereocenters. The average molecular weight is 224 g/mol. The quantitative estimate of drug-likeness (QED) is 0.841. The van der Waals surface area contributed by atoms with E-state index in [-0.39, 0.29) is 11.7 Å². The Bertz CT molecular complexity index is 355. The van der Waals surface area contributed by atoms with Gasteiger partial charge in [0.05, 0.1) is 5.69 Å². The van der Waals surface area contributed by atoms with Crippen molar-refractivity contribution < 1.29 is 9.18 Å². The topological polar surface area (TPSA) is 32.3 Å². The lowest BCUT2D eigenvalue weighted by Gasteiger charge is -2.20. The van der Waals surface area contributed by atoms with Gasteiger partial charge in [-0.25, -0.2) is 9.18 Å². The van der Waals surface area contributed by atoms with Crippen molar-refractivity contribution in [2.24, 2.45) is 0 Å². The summed E-state index contributed by atoms with van der Waals surface area (Å²) in [5.41, 5.74) is 0.986. The van der Waals surface area contributed by atoms with Crippen LogP contribution < -0.4 is 5.32 Å². The van der Waals surface area contributed by atoms with Crippen molar-refractivity contribution in [3.63, 3.8) is 0 Å². The Morgan fingerprint density at radius 2 is 2.00 bits per heavy atom. The standard InChI is InChI=1S/C12H17FN2O/c1-4-15(5-2)12(16)14-11-9(3)7-6-8-10(11)13/h6-8H,4-5H2,1-3H3,(H,14,16). The fraction of sp³-hybridized carbons (Fsp3) is 0.417. The van der Waals surface area contributed by atoms with Gasteiger partial charge in [0.15, 0.2) is 0 Å². The van der Waals surface area contributed by atoms with Crippen molar-refractivity contribution in [1.82, 2.24) is 4.90 Å². The van der Waals surface area contributed by atoms with E-state index in [1.807, 2.05) is 13.8 Å². The van der Waals surface area contributed by atoms with E-state index in [1.165, 1.54) is 6.07 Å². The number of urea groups is 1. The Labute approximate surface area is 95.3 Å². The van der Waals surface area contributed by atoms with Crippen molar-refractivity contribution in [1.29, 1.82) is 0 Å². The Balaban J connectivity index is 2.84. The Morgan fingerprint density at radius 1 is 1.38 bits per heavy atom. The fourth-order valence-corrected chi connectivity index (χ4v) is 1.49. The maximum absolute atomic E-state index is 13.4. The molecule has 1 aromatic rings. The summed E-state index contributed by atoms with van der Waals surface area (Å²) < 4.78 is 13.4. The van der Waals surface area contributed by atoms with E-state index in [0.717, 1.165) is 5.56 Å². The molecule has 0 saturated heterocycles. The van der Waals surface area contributed by atoms with Gasteiger partial charge in [0, 0.05) is 13.1 Å². The Hall–Kier alpha value is -1.58. The second-order valence-electron chi connectivity index (χ2n) is 3.53. The zero-order chi connectivity index (χ0) is 12.1. The molecule has 0 heterocycles. The molecule has 0 saturated carbocycles. The fourth-order valence-electron chi connectivity index (χ4n) is 1.49. The zero-order valence-corrected chi connectivity index (χ0v) is 9.88. The molecule has 0 bridgehead atoms. The highest BCUT2D eigenvalue weighted by atomic mass is 19.1. The first-order valence-corrected chi connectivity index (χ1v) is 5.41. The van der Waals surface area contributed by atoms with Crippen LogP contribution in [0.1, 0.15) is 19.4 Å². The van der Waals surface area contributed by atoms with Crippen LogP contribution in [0.15, 0.2) is 18.2 Å². The normalized spacial score (nSPS) is 10.0. The number of amides is 2. The first-order chi connectivity index (χ1) is 7.60. The van der Waals surface area contributed by atoms with Gasteiger partial charge in [-0.05, 0) is 32.4 Å². The SMILES string of the molecule is CCN(CC)C(=O)Nc1c(C)cccc1F. The summed E-state index contributed by atoms with van der Waals surface area (Å²) in [7, 11) is 0. The minimum atomic E-state index is -0.402. The summed E-state index contributed by atoms with van der Waals surface area (Å²) in [6.07, 6.45) is 0. The number of nitrogens with one attached hydrogen (secondary N) is 1. The van der Waals surface area contributed by atoms with E-state index in [4.69, 9.17) is 0 Å². The van der Waals surface area contributed by atoms with Crippen LogP contribution in [0.2, 0.25) is 0 Å². The van der Waals surface area contributed by atoms with Crippen LogP contribution in [0.5, 0.6) is 0 Å². The van der Waals surface area contributed by atoms with Gasteiger partial charge in [-0.1, -0.05) is 12.1 Å². The molecule has 1 N–H and O–H groups in total. The van der Waals surface area contributed by atoms with Gasteiger partial charge < -0.3 is 10.2 Å². The Morgan fingerprint density at radius 3 is 2.50 bits per heavy atom. The molecule has 0 aliphatic heterocycles. The molecule has 2 amide bonds. The average Bonchev–Trinajstić information content (AvgIpc) is 2.25. The summed E-state index contributed by atoms with van der Waals surface area (Å²) in [5.74, 6) is -0.402. The van der Waals surface area contributed by atoms with Gasteiger partial charge in [-0.15, -0.1) is 0 Å². The number of hydrogen-bond acceptors (Lipinski definition) is 1. The lowest BCUT2D eigenvalue weighted by molar-refractivity contribution is 0.217. The number of halogens is 1. The second-order valence-corrected chi connectivity index (χ2v) is 3.53. The molecule has 0 fully saturated rings. The summed E-state index contributed by atoms with van der Waals surface area (Å²) in [5, 5.41) is 2.59. The highest BCUT2D eigenvalue weighted by molar-refractivity contribution is 5.90. The van der Waals surface area contributed by atoms with E-state index in [2.05, 4.69) is 5.32 Å². The first kappa shape index (κ1) is 12.5. The van der Waals surface area contributed by atoms with Crippen LogP contribution in [0, 0.1) is 12.7 Å². The molecule has 1 rings (SSSR count). The highest BCUT2D eigenvalue weighted by Crippen LogP contribution is 2.18. The highest BCUT2D eigenvalue weighted by Gasteiger charge is 2.13. The monoisotopic (exact) mass is 224 g/mol. The molecule has 0 spiro atoms. The van der Waals surface area contributed by atoms with Gasteiger partial charge in [0.2, 0.25) is 0 Å². The molecular weight excluding hydrogens is 207 g/mol. The molecule has 0 radical (unpaired) electrons. The lowest BCUT2D eigenvalue weighted by Crippen LogP contribution is -2.34. The molecular formula is C12H17FN2O. The van der Waals surface area contributed by atoms with Crippen molar-refractivity contribution in [2.75, 3.05) is 18.4 Å². The predicted octanol–water partition coefficient (Wildman–Crippen LogP) is 3.01. The summed E-state index contributed by atoms with van der Waals surface area (Å²) >= 11 is 0. The number of carbonyl (C=O) groups is 1. The number of anilines is 1. The number of hydrogen-bond donors (Lipinski definition) is 1. The molecule has 0 aliphatic carbocycles. The van der Waals surface area contributed by atoms with Gasteiger partial charge in [-0.3, -0.25) is 0 Å². The molecule has 0 aliphatic rings. The van der Waals surface area contributed by atoms with Crippen LogP contribution in [-0.4, -0.2) is 24.0 Å². The summed E-state index contributed by atoms with van der Waals surface area (Å²) in [4.78, 5) is 13.3. The predicted molar refractivity (Wildman–Crippen MR) is 63.1 cm³/mol. The van der Waals surface area contributed by atoms with Crippen molar-refractivity contribution in [2.45, 2.75) is 20.8 Å². The molecule has 0 aromatic heterocycles. The van der Waals surface area contributed by atoms with Crippen LogP contribution >= 0.6 is 0 Å². The minimum Gasteiger partial charge on any atom is -0.325 e. The first-order valence-electron chi connectivity index (χ1n) is 5.41. The van der Waals surface area contributed by atoms with Crippen molar-refractivity contribution in [3.05, 3.63) is 29.6 Å². The third-order valence-electron chi connectivity index (χ3n) is 2.50. The summed E-state index contributed by atoms with van der Waals surface area (Å²) in [6.45, 7) is 6.75. The maximum atomic E-state index is 13.4. The molecule has 1 aromatic carbocycles. The molecule has 16 heavy (non-hydrogen) atoms. The van der Waals surface area contributed by atoms with E-state index >= 15 is 0 Å². The largest absolute Gasteiger partial charge is 0.325 e. The number of nitrogens with zero attached hydrogens (tertiary/aromatic N) is 1. The summed E-state index contributed by atoms with van der Waals surface area (Å²) in [6, 6.07) is 4.46. The number of carbonyl (C=O) groups excluding carboxylic acids is 1. The van der Waals surface area contributed by atoms with E-state index in [9.17, 15) is 9.18 Å². The third kappa shape index (κ3) is 2.72. The molecule has 0 unspecified atom stereocenters. The van der Waals surface area contributed by atoms with Gasteiger partial charge >= 0.3 is 6.03 Å². The van der Waals surface area contributed by atoms with E-state index in [1.54, 1.807) is 24.0 Å². The molecule has 3 nitrogen and oxygen atoms in total. The molecule has 88 valence electrons. The second kappa shape index (κ2) is 5.49. The van der Waals surface area contributed by atoms with Crippen LogP contribution in [0.25, 0.3) is 0 Å². The smallest absolute Gasteiger partial charge is 0.321 e. The van der Waals surface area contributed by atoms with Crippen LogP contribution in [0.3, 0.4) is 0 Å². The van der Waals surface area contributed by atoms with Gasteiger partial charge in [-0.2, -0.15) is 0 Å². The lowest BCUT2D eigenvalue weighted by atomic mass is 10.2. The van der Waals surface area contributed by atoms with E-state index in [0.29, 0.717) is 13.1 Å². The number of rotatable bonds is 3. The zero-order valence-electron chi connectivity index (χ0n) is 9.88. The van der Waals surface area contributed by atoms with E-state index < -0.39 is 5.82 Å². The third-order valence-corrected chi connectivity index (χ3v) is 2.50. The number of aryl methyl sites for hydroxylation is 1. The van der Waals surface area contributed by atoms with Crippen molar-refractivity contribution in [3.8, 4) is 0 Å². The van der Waals surface area contributed by atoms with Crippen LogP contribution in [0.4, 0.5) is 14.9 Å². The minimum absolute atomic E-state index is 0.263. The number of benzene rings is 1. The number of para-hydroxylation sites is 1. The Kier molecular flexibility index (Phi) is 4.28. The van der Waals surface area contributed by atoms with Gasteiger partial charge in [0.25, 0.3) is 0 Å². The van der Waals surface area contributed by atoms with Gasteiger partial charge in [0.1, 0.15) is 5.82 Å². The van der Waals surface area contributed by atoms with Crippen molar-refractivity contribution >= 4 is 11.7 Å². The maximum Gasteiger partial charge on any atom is 0.321 e. The molecule has 4 heteroatoms.